The third kappa shape index (κ3) is 9.24. The number of ketones is 1. The summed E-state index contributed by atoms with van der Waals surface area (Å²) in [6.45, 7) is 10.4. The molecule has 0 aliphatic carbocycles. The average molecular weight is 656 g/mol. The molecule has 1 saturated heterocycles. The molecule has 3 rings (SSSR count). The molecule has 0 unspecified atom stereocenters. The lowest BCUT2D eigenvalue weighted by Gasteiger charge is -2.30. The van der Waals surface area contributed by atoms with Gasteiger partial charge in [-0.05, 0) is 51.0 Å². The molecule has 0 aromatic heterocycles. The molecule has 0 spiro atoms. The van der Waals surface area contributed by atoms with Crippen LogP contribution in [0.25, 0.3) is 0 Å². The molecule has 0 bridgehead atoms. The zero-order valence-electron chi connectivity index (χ0n) is 27.6. The van der Waals surface area contributed by atoms with Crippen LogP contribution in [0.5, 0.6) is 0 Å². The fourth-order valence-corrected chi connectivity index (χ4v) is 4.79. The zero-order valence-corrected chi connectivity index (χ0v) is 27.6. The van der Waals surface area contributed by atoms with E-state index >= 15 is 0 Å². The van der Waals surface area contributed by atoms with Crippen LogP contribution in [-0.4, -0.2) is 66.0 Å². The van der Waals surface area contributed by atoms with E-state index in [1.807, 2.05) is 0 Å². The van der Waals surface area contributed by atoms with E-state index in [9.17, 15) is 33.2 Å². The van der Waals surface area contributed by atoms with Crippen molar-refractivity contribution in [3.63, 3.8) is 0 Å². The average Bonchev–Trinajstić information content (AvgIpc) is 3.03. The molecule has 2 aromatic rings. The monoisotopic (exact) mass is 655 g/mol. The Kier molecular flexibility index (Phi) is 12.4. The minimum Gasteiger partial charge on any atom is -0.457 e. The zero-order chi connectivity index (χ0) is 35.1. The molecule has 1 heterocycles. The number of benzene rings is 2. The summed E-state index contributed by atoms with van der Waals surface area (Å²) in [6, 6.07) is 11.6. The Balaban J connectivity index is 2.11. The predicted octanol–water partition coefficient (Wildman–Crippen LogP) is 4.14. The third-order valence-corrected chi connectivity index (χ3v) is 8.05. The highest BCUT2D eigenvalue weighted by Crippen LogP contribution is 2.28. The maximum atomic E-state index is 13.9. The number of Topliss-reactive ketones (excluding diaryl/α,β-unsaturated/α-hetero) is 1. The molecule has 1 aliphatic rings. The molecule has 1 N–H and O–H groups in total. The minimum absolute atomic E-state index is 0.110. The van der Waals surface area contributed by atoms with E-state index in [2.05, 4.69) is 5.32 Å². The van der Waals surface area contributed by atoms with Gasteiger partial charge in [-0.25, -0.2) is 18.8 Å². The van der Waals surface area contributed by atoms with Crippen molar-refractivity contribution in [2.75, 3.05) is 0 Å². The summed E-state index contributed by atoms with van der Waals surface area (Å²) in [7, 11) is 0. The summed E-state index contributed by atoms with van der Waals surface area (Å²) in [5.41, 5.74) is -1.40. The van der Waals surface area contributed by atoms with Crippen molar-refractivity contribution in [3.8, 4) is 0 Å². The van der Waals surface area contributed by atoms with E-state index in [-0.39, 0.29) is 12.0 Å². The van der Waals surface area contributed by atoms with Gasteiger partial charge in [-0.1, -0.05) is 64.1 Å². The van der Waals surface area contributed by atoms with Crippen LogP contribution >= 0.6 is 0 Å². The normalized spacial score (nSPS) is 25.0. The Morgan fingerprint density at radius 1 is 0.851 bits per heavy atom. The van der Waals surface area contributed by atoms with E-state index < -0.39 is 89.1 Å². The van der Waals surface area contributed by atoms with Crippen LogP contribution in [-0.2, 0) is 49.3 Å². The van der Waals surface area contributed by atoms with Crippen molar-refractivity contribution >= 4 is 35.6 Å². The smallest absolute Gasteiger partial charge is 0.348 e. The lowest BCUT2D eigenvalue weighted by molar-refractivity contribution is -0.183. The van der Waals surface area contributed by atoms with E-state index in [1.54, 1.807) is 58.0 Å². The lowest BCUT2D eigenvalue weighted by atomic mass is 9.83. The summed E-state index contributed by atoms with van der Waals surface area (Å²) in [5.74, 6) is -7.98. The number of cyclic esters (lactones) is 4. The highest BCUT2D eigenvalue weighted by molar-refractivity contribution is 6.06. The molecular formula is C35H42FNO10. The van der Waals surface area contributed by atoms with E-state index in [4.69, 9.17) is 18.9 Å². The van der Waals surface area contributed by atoms with Crippen molar-refractivity contribution < 1.29 is 52.1 Å². The van der Waals surface area contributed by atoms with Crippen LogP contribution in [0.1, 0.15) is 70.8 Å². The predicted molar refractivity (Wildman–Crippen MR) is 166 cm³/mol. The Morgan fingerprint density at radius 3 is 2.09 bits per heavy atom. The molecule has 2 aromatic carbocycles. The topological polar surface area (TPSA) is 151 Å². The minimum atomic E-state index is -1.89. The highest BCUT2D eigenvalue weighted by atomic mass is 19.1. The number of carbonyl (C=O) groups excluding carboxylic acids is 6. The lowest BCUT2D eigenvalue weighted by Crippen LogP contribution is -2.52. The SMILES string of the molecule is CC[C@H](C)[C@@H]1OC(=O)C(C)(C)C(=O)[C@H](Cc2ccccc2)OC(=O)[C@H](C(C)C)OC(=O)[C@@H](NC(=O)c2cccc(F)c2)[C@@H](C)OC1=O. The number of halogens is 1. The summed E-state index contributed by atoms with van der Waals surface area (Å²) in [5, 5.41) is 2.41. The number of hydrogen-bond acceptors (Lipinski definition) is 10. The van der Waals surface area contributed by atoms with E-state index in [0.29, 0.717) is 12.0 Å². The van der Waals surface area contributed by atoms with Gasteiger partial charge in [-0.15, -0.1) is 0 Å². The Morgan fingerprint density at radius 2 is 1.49 bits per heavy atom. The molecule has 11 nitrogen and oxygen atoms in total. The molecule has 0 saturated carbocycles. The maximum absolute atomic E-state index is 13.9. The first-order chi connectivity index (χ1) is 22.1. The van der Waals surface area contributed by atoms with E-state index in [1.165, 1.54) is 32.9 Å². The molecule has 1 amide bonds. The van der Waals surface area contributed by atoms with Crippen LogP contribution in [0.15, 0.2) is 54.6 Å². The quantitative estimate of drug-likeness (QED) is 0.262. The van der Waals surface area contributed by atoms with Crippen LogP contribution in [0, 0.1) is 23.1 Å². The molecule has 12 heteroatoms. The first kappa shape index (κ1) is 36.9. The largest absolute Gasteiger partial charge is 0.457 e. The van der Waals surface area contributed by atoms with Crippen LogP contribution in [0.2, 0.25) is 0 Å². The van der Waals surface area contributed by atoms with Gasteiger partial charge in [-0.2, -0.15) is 0 Å². The van der Waals surface area contributed by atoms with Crippen LogP contribution in [0.4, 0.5) is 4.39 Å². The number of hydrogen-bond donors (Lipinski definition) is 1. The summed E-state index contributed by atoms with van der Waals surface area (Å²) < 4.78 is 36.3. The molecule has 1 fully saturated rings. The van der Waals surface area contributed by atoms with Gasteiger partial charge in [0.05, 0.1) is 0 Å². The standard InChI is InChI=1S/C35H42FNO10/c1-8-20(4)28-33(42)44-21(5)26(37-30(39)23-15-12-16-24(36)18-23)31(40)46-27(19(2)3)32(41)45-25(17-22-13-10-9-11-14-22)29(38)35(6,7)34(43)47-28/h9-16,18-21,25-28H,8,17H2,1-7H3,(H,37,39)/t20-,21+,25-,26-,27-,28-/m0/s1. The van der Waals surface area contributed by atoms with Gasteiger partial charge >= 0.3 is 23.9 Å². The third-order valence-electron chi connectivity index (χ3n) is 8.05. The summed E-state index contributed by atoms with van der Waals surface area (Å²) in [4.78, 5) is 81.4. The Bertz CT molecular complexity index is 1470. The maximum Gasteiger partial charge on any atom is 0.348 e. The van der Waals surface area contributed by atoms with Crippen molar-refractivity contribution in [1.82, 2.24) is 5.32 Å². The van der Waals surface area contributed by atoms with Gasteiger partial charge in [0.2, 0.25) is 12.2 Å². The fraction of sp³-hybridized carbons (Fsp3) is 0.486. The Hall–Kier alpha value is -4.61. The van der Waals surface area contributed by atoms with Gasteiger partial charge in [0.25, 0.3) is 5.91 Å². The number of amides is 1. The number of ether oxygens (including phenoxy) is 4. The first-order valence-electron chi connectivity index (χ1n) is 15.5. The van der Waals surface area contributed by atoms with Crippen LogP contribution < -0.4 is 5.32 Å². The number of esters is 4. The first-order valence-corrected chi connectivity index (χ1v) is 15.5. The summed E-state index contributed by atoms with van der Waals surface area (Å²) in [6.07, 6.45) is -5.75. The Labute approximate surface area is 273 Å². The van der Waals surface area contributed by atoms with Crippen molar-refractivity contribution in [3.05, 3.63) is 71.5 Å². The number of rotatable bonds is 7. The van der Waals surface area contributed by atoms with Crippen molar-refractivity contribution in [2.24, 2.45) is 17.3 Å². The second-order valence-corrected chi connectivity index (χ2v) is 12.5. The van der Waals surface area contributed by atoms with Crippen molar-refractivity contribution in [1.29, 1.82) is 0 Å². The summed E-state index contributed by atoms with van der Waals surface area (Å²) >= 11 is 0. The van der Waals surface area contributed by atoms with Crippen molar-refractivity contribution in [2.45, 2.75) is 91.8 Å². The molecule has 0 radical (unpaired) electrons. The van der Waals surface area contributed by atoms with Gasteiger partial charge in [0.15, 0.2) is 17.9 Å². The number of nitrogens with one attached hydrogen (secondary N) is 1. The number of carbonyl (C=O) groups is 6. The van der Waals surface area contributed by atoms with Gasteiger partial charge < -0.3 is 24.3 Å². The van der Waals surface area contributed by atoms with Gasteiger partial charge in [-0.3, -0.25) is 14.4 Å². The van der Waals surface area contributed by atoms with Gasteiger partial charge in [0, 0.05) is 23.8 Å². The second kappa shape index (κ2) is 15.8. The molecule has 254 valence electrons. The highest BCUT2D eigenvalue weighted by Gasteiger charge is 2.47. The fourth-order valence-electron chi connectivity index (χ4n) is 4.79. The van der Waals surface area contributed by atoms with E-state index in [0.717, 1.165) is 12.1 Å². The molecular weight excluding hydrogens is 613 g/mol. The van der Waals surface area contributed by atoms with Gasteiger partial charge in [0.1, 0.15) is 17.3 Å². The molecule has 1 aliphatic heterocycles. The molecule has 6 atom stereocenters. The second-order valence-electron chi connectivity index (χ2n) is 12.5. The van der Waals surface area contributed by atoms with Crippen LogP contribution in [0.3, 0.4) is 0 Å². The molecule has 47 heavy (non-hydrogen) atoms.